The summed E-state index contributed by atoms with van der Waals surface area (Å²) in [5, 5.41) is 0. The zero-order chi connectivity index (χ0) is 11.4. The SMILES string of the molecule is CCC1=NC(C)(CSc2ccccc2)CO1. The van der Waals surface area contributed by atoms with Crippen LogP contribution < -0.4 is 0 Å². The van der Waals surface area contributed by atoms with Crippen molar-refractivity contribution in [3.05, 3.63) is 30.3 Å². The van der Waals surface area contributed by atoms with Crippen LogP contribution in [0.3, 0.4) is 0 Å². The molecule has 0 saturated carbocycles. The maximum atomic E-state index is 5.54. The summed E-state index contributed by atoms with van der Waals surface area (Å²) in [5.41, 5.74) is -0.0498. The van der Waals surface area contributed by atoms with Gasteiger partial charge in [-0.25, -0.2) is 4.99 Å². The van der Waals surface area contributed by atoms with Gasteiger partial charge in [0.05, 0.1) is 0 Å². The minimum absolute atomic E-state index is 0.0498. The van der Waals surface area contributed by atoms with E-state index in [9.17, 15) is 0 Å². The second kappa shape index (κ2) is 4.91. The third-order valence-corrected chi connectivity index (χ3v) is 3.91. The molecule has 0 aliphatic carbocycles. The molecule has 1 unspecified atom stereocenters. The fourth-order valence-electron chi connectivity index (χ4n) is 1.61. The van der Waals surface area contributed by atoms with E-state index in [4.69, 9.17) is 4.74 Å². The van der Waals surface area contributed by atoms with Crippen LogP contribution in [0, 0.1) is 0 Å². The Kier molecular flexibility index (Phi) is 3.54. The second-order valence-electron chi connectivity index (χ2n) is 4.25. The van der Waals surface area contributed by atoms with E-state index in [0.717, 1.165) is 24.7 Å². The van der Waals surface area contributed by atoms with Gasteiger partial charge in [-0.1, -0.05) is 25.1 Å². The first kappa shape index (κ1) is 11.5. The first-order chi connectivity index (χ1) is 7.72. The van der Waals surface area contributed by atoms with Crippen molar-refractivity contribution >= 4 is 17.7 Å². The van der Waals surface area contributed by atoms with E-state index in [2.05, 4.69) is 43.1 Å². The van der Waals surface area contributed by atoms with Gasteiger partial charge in [0.2, 0.25) is 0 Å². The van der Waals surface area contributed by atoms with E-state index in [1.54, 1.807) is 0 Å². The van der Waals surface area contributed by atoms with E-state index in [1.165, 1.54) is 4.90 Å². The van der Waals surface area contributed by atoms with Crippen LogP contribution in [-0.2, 0) is 4.74 Å². The molecule has 2 nitrogen and oxygen atoms in total. The number of hydrogen-bond donors (Lipinski definition) is 0. The third kappa shape index (κ3) is 2.79. The first-order valence-corrected chi connectivity index (χ1v) is 6.60. The Morgan fingerprint density at radius 1 is 1.38 bits per heavy atom. The van der Waals surface area contributed by atoms with Crippen LogP contribution in [0.1, 0.15) is 20.3 Å². The molecule has 1 aromatic rings. The summed E-state index contributed by atoms with van der Waals surface area (Å²) in [6.07, 6.45) is 0.894. The second-order valence-corrected chi connectivity index (χ2v) is 5.30. The molecule has 0 bridgehead atoms. The van der Waals surface area contributed by atoms with E-state index < -0.39 is 0 Å². The first-order valence-electron chi connectivity index (χ1n) is 5.61. The number of benzene rings is 1. The molecule has 3 heteroatoms. The Balaban J connectivity index is 1.94. The summed E-state index contributed by atoms with van der Waals surface area (Å²) >= 11 is 1.84. The van der Waals surface area contributed by atoms with Crippen molar-refractivity contribution in [2.45, 2.75) is 30.7 Å². The van der Waals surface area contributed by atoms with Crippen molar-refractivity contribution < 1.29 is 4.74 Å². The van der Waals surface area contributed by atoms with Crippen LogP contribution in [-0.4, -0.2) is 23.8 Å². The van der Waals surface area contributed by atoms with Gasteiger partial charge in [-0.2, -0.15) is 0 Å². The predicted octanol–water partition coefficient (Wildman–Crippen LogP) is 3.38. The van der Waals surface area contributed by atoms with Crippen LogP contribution in [0.4, 0.5) is 0 Å². The molecule has 0 aromatic heterocycles. The Morgan fingerprint density at radius 2 is 2.12 bits per heavy atom. The van der Waals surface area contributed by atoms with Crippen LogP contribution >= 0.6 is 11.8 Å². The minimum Gasteiger partial charge on any atom is -0.478 e. The lowest BCUT2D eigenvalue weighted by Crippen LogP contribution is -2.26. The zero-order valence-electron chi connectivity index (χ0n) is 9.77. The Bertz CT molecular complexity index is 377. The van der Waals surface area contributed by atoms with E-state index >= 15 is 0 Å². The van der Waals surface area contributed by atoms with Crippen LogP contribution in [0.2, 0.25) is 0 Å². The topological polar surface area (TPSA) is 21.6 Å². The summed E-state index contributed by atoms with van der Waals surface area (Å²) in [4.78, 5) is 5.92. The van der Waals surface area contributed by atoms with Gasteiger partial charge < -0.3 is 4.74 Å². The van der Waals surface area contributed by atoms with Crippen LogP contribution in [0.25, 0.3) is 0 Å². The fourth-order valence-corrected chi connectivity index (χ4v) is 2.59. The number of nitrogens with zero attached hydrogens (tertiary/aromatic N) is 1. The third-order valence-electron chi connectivity index (χ3n) is 2.54. The van der Waals surface area contributed by atoms with Gasteiger partial charge in [0.1, 0.15) is 12.1 Å². The highest BCUT2D eigenvalue weighted by atomic mass is 32.2. The van der Waals surface area contributed by atoms with Gasteiger partial charge in [-0.05, 0) is 19.1 Å². The molecule has 2 rings (SSSR count). The van der Waals surface area contributed by atoms with E-state index in [-0.39, 0.29) is 5.54 Å². The van der Waals surface area contributed by atoms with Gasteiger partial charge in [-0.3, -0.25) is 0 Å². The molecule has 86 valence electrons. The van der Waals surface area contributed by atoms with Gasteiger partial charge >= 0.3 is 0 Å². The average Bonchev–Trinajstić information content (AvgIpc) is 2.71. The largest absolute Gasteiger partial charge is 0.478 e. The molecule has 1 aliphatic heterocycles. The summed E-state index contributed by atoms with van der Waals surface area (Å²) < 4.78 is 5.54. The molecule has 1 aromatic carbocycles. The Labute approximate surface area is 101 Å². The summed E-state index contributed by atoms with van der Waals surface area (Å²) in [5.74, 6) is 1.87. The standard InChI is InChI=1S/C13H17NOS/c1-3-12-14-13(2,9-15-12)10-16-11-7-5-4-6-8-11/h4-8H,3,9-10H2,1-2H3. The molecular formula is C13H17NOS. The van der Waals surface area contributed by atoms with Crippen molar-refractivity contribution in [1.29, 1.82) is 0 Å². The normalized spacial score (nSPS) is 24.0. The molecular weight excluding hydrogens is 218 g/mol. The van der Waals surface area contributed by atoms with Crippen LogP contribution in [0.5, 0.6) is 0 Å². The fraction of sp³-hybridized carbons (Fsp3) is 0.462. The highest BCUT2D eigenvalue weighted by molar-refractivity contribution is 7.99. The molecule has 0 fully saturated rings. The van der Waals surface area contributed by atoms with E-state index in [1.807, 2.05) is 17.8 Å². The highest BCUT2D eigenvalue weighted by Gasteiger charge is 2.30. The molecule has 0 N–H and O–H groups in total. The molecule has 0 spiro atoms. The molecule has 1 aliphatic rings. The van der Waals surface area contributed by atoms with Crippen molar-refractivity contribution in [2.75, 3.05) is 12.4 Å². The minimum atomic E-state index is -0.0498. The van der Waals surface area contributed by atoms with Crippen molar-refractivity contribution in [3.63, 3.8) is 0 Å². The summed E-state index contributed by atoms with van der Waals surface area (Å²) in [6.45, 7) is 4.95. The number of thioether (sulfide) groups is 1. The lowest BCUT2D eigenvalue weighted by Gasteiger charge is -2.17. The quantitative estimate of drug-likeness (QED) is 0.746. The number of rotatable bonds is 4. The Morgan fingerprint density at radius 3 is 2.75 bits per heavy atom. The summed E-state index contributed by atoms with van der Waals surface area (Å²) in [6, 6.07) is 10.4. The smallest absolute Gasteiger partial charge is 0.183 e. The lowest BCUT2D eigenvalue weighted by atomic mass is 10.1. The lowest BCUT2D eigenvalue weighted by molar-refractivity contribution is 0.277. The van der Waals surface area contributed by atoms with Gasteiger partial charge in [0.15, 0.2) is 5.90 Å². The van der Waals surface area contributed by atoms with Crippen molar-refractivity contribution in [2.24, 2.45) is 4.99 Å². The number of hydrogen-bond acceptors (Lipinski definition) is 3. The maximum absolute atomic E-state index is 5.54. The predicted molar refractivity (Wildman–Crippen MR) is 69.2 cm³/mol. The molecule has 16 heavy (non-hydrogen) atoms. The van der Waals surface area contributed by atoms with Crippen molar-refractivity contribution in [1.82, 2.24) is 0 Å². The molecule has 0 radical (unpaired) electrons. The van der Waals surface area contributed by atoms with E-state index in [0.29, 0.717) is 0 Å². The molecule has 1 atom stereocenters. The van der Waals surface area contributed by atoms with Gasteiger partial charge in [0, 0.05) is 17.1 Å². The van der Waals surface area contributed by atoms with Gasteiger partial charge in [-0.15, -0.1) is 11.8 Å². The monoisotopic (exact) mass is 235 g/mol. The Hall–Kier alpha value is -0.960. The molecule has 1 heterocycles. The van der Waals surface area contributed by atoms with Gasteiger partial charge in [0.25, 0.3) is 0 Å². The van der Waals surface area contributed by atoms with Crippen molar-refractivity contribution in [3.8, 4) is 0 Å². The zero-order valence-corrected chi connectivity index (χ0v) is 10.6. The number of ether oxygens (including phenoxy) is 1. The molecule has 0 amide bonds. The highest BCUT2D eigenvalue weighted by Crippen LogP contribution is 2.28. The average molecular weight is 235 g/mol. The van der Waals surface area contributed by atoms with Crippen LogP contribution in [0.15, 0.2) is 40.2 Å². The summed E-state index contributed by atoms with van der Waals surface area (Å²) in [7, 11) is 0. The maximum Gasteiger partial charge on any atom is 0.183 e. The molecule has 0 saturated heterocycles. The number of aliphatic imine (C=N–C) groups is 1.